The van der Waals surface area contributed by atoms with E-state index in [2.05, 4.69) is 5.32 Å². The molecule has 48 heavy (non-hydrogen) atoms. The van der Waals surface area contributed by atoms with Crippen molar-refractivity contribution in [3.05, 3.63) is 170 Å². The standard InChI is InChI=1S/C38H33N3O7/c1-25(24-47-38(28-15-7-4-8-16-28,29-17-9-5-10-18-29)30-19-11-6-12-20-30)48-37(43)33-26(2)40-32(23-39)35(36(42)46-3)34(33)27-14-13-21-31(22-27)41(44)45/h4-22,25,34,40H,24H2,1-3H3. The highest BCUT2D eigenvalue weighted by molar-refractivity contribution is 6.00. The van der Waals surface area contributed by atoms with Crippen LogP contribution >= 0.6 is 0 Å². The first-order valence-corrected chi connectivity index (χ1v) is 15.2. The number of nitro groups is 1. The number of non-ortho nitro benzene ring substituents is 1. The maximum atomic E-state index is 14.0. The molecule has 0 amide bonds. The van der Waals surface area contributed by atoms with Gasteiger partial charge in [0.05, 0.1) is 35.7 Å². The third kappa shape index (κ3) is 6.58. The second-order valence-corrected chi connectivity index (χ2v) is 11.1. The van der Waals surface area contributed by atoms with Crippen LogP contribution < -0.4 is 5.32 Å². The van der Waals surface area contributed by atoms with E-state index in [1.54, 1.807) is 19.9 Å². The number of hydrogen-bond acceptors (Lipinski definition) is 9. The van der Waals surface area contributed by atoms with E-state index in [-0.39, 0.29) is 40.4 Å². The summed E-state index contributed by atoms with van der Waals surface area (Å²) in [5.41, 5.74) is 1.50. The summed E-state index contributed by atoms with van der Waals surface area (Å²) in [5.74, 6) is -2.86. The molecule has 242 valence electrons. The number of esters is 2. The van der Waals surface area contributed by atoms with E-state index in [1.165, 1.54) is 18.2 Å². The molecule has 10 heteroatoms. The lowest BCUT2D eigenvalue weighted by Gasteiger charge is -2.37. The molecule has 0 fully saturated rings. The van der Waals surface area contributed by atoms with Crippen molar-refractivity contribution in [2.24, 2.45) is 0 Å². The van der Waals surface area contributed by atoms with Crippen LogP contribution in [-0.4, -0.2) is 36.7 Å². The van der Waals surface area contributed by atoms with Gasteiger partial charge in [-0.25, -0.2) is 9.59 Å². The van der Waals surface area contributed by atoms with Crippen LogP contribution in [0.15, 0.2) is 138 Å². The number of carbonyl (C=O) groups is 2. The van der Waals surface area contributed by atoms with E-state index in [9.17, 15) is 25.0 Å². The molecular weight excluding hydrogens is 610 g/mol. The number of ether oxygens (including phenoxy) is 3. The number of nitro benzene ring substituents is 1. The average Bonchev–Trinajstić information content (AvgIpc) is 3.12. The molecule has 0 aliphatic carbocycles. The molecule has 10 nitrogen and oxygen atoms in total. The number of nitrogens with one attached hydrogen (secondary N) is 1. The van der Waals surface area contributed by atoms with Crippen LogP contribution in [0.25, 0.3) is 0 Å². The fourth-order valence-electron chi connectivity index (χ4n) is 5.96. The van der Waals surface area contributed by atoms with Gasteiger partial charge in [0.25, 0.3) is 5.69 Å². The number of nitrogens with zero attached hydrogens (tertiary/aromatic N) is 2. The zero-order chi connectivity index (χ0) is 34.3. The minimum atomic E-state index is -1.19. The van der Waals surface area contributed by atoms with E-state index in [0.717, 1.165) is 23.8 Å². The van der Waals surface area contributed by atoms with Crippen LogP contribution in [0, 0.1) is 21.4 Å². The van der Waals surface area contributed by atoms with Crippen LogP contribution in [0.4, 0.5) is 5.69 Å². The highest BCUT2D eigenvalue weighted by Gasteiger charge is 2.41. The van der Waals surface area contributed by atoms with Crippen molar-refractivity contribution in [1.29, 1.82) is 5.26 Å². The largest absolute Gasteiger partial charge is 0.466 e. The minimum Gasteiger partial charge on any atom is -0.466 e. The first-order chi connectivity index (χ1) is 23.2. The Labute approximate surface area is 278 Å². The van der Waals surface area contributed by atoms with Gasteiger partial charge in [0.15, 0.2) is 0 Å². The number of allylic oxidation sites excluding steroid dienone is 2. The van der Waals surface area contributed by atoms with E-state index >= 15 is 0 Å². The molecule has 2 atom stereocenters. The van der Waals surface area contributed by atoms with Gasteiger partial charge in [0.1, 0.15) is 23.5 Å². The van der Waals surface area contributed by atoms with E-state index in [1.807, 2.05) is 97.1 Å². The second kappa shape index (κ2) is 14.6. The molecule has 0 radical (unpaired) electrons. The maximum absolute atomic E-state index is 14.0. The van der Waals surface area contributed by atoms with Crippen LogP contribution in [-0.2, 0) is 29.4 Å². The van der Waals surface area contributed by atoms with Crippen molar-refractivity contribution >= 4 is 17.6 Å². The molecule has 1 aliphatic heterocycles. The Morgan fingerprint density at radius 2 is 1.42 bits per heavy atom. The zero-order valence-electron chi connectivity index (χ0n) is 26.6. The van der Waals surface area contributed by atoms with Gasteiger partial charge in [0.2, 0.25) is 0 Å². The molecule has 0 aromatic heterocycles. The summed E-state index contributed by atoms with van der Waals surface area (Å²) in [6.45, 7) is 3.23. The van der Waals surface area contributed by atoms with Gasteiger partial charge in [-0.05, 0) is 36.1 Å². The number of benzene rings is 4. The first-order valence-electron chi connectivity index (χ1n) is 15.2. The molecule has 4 aromatic rings. The quantitative estimate of drug-likeness (QED) is 0.0845. The van der Waals surface area contributed by atoms with Crippen molar-refractivity contribution in [3.63, 3.8) is 0 Å². The van der Waals surface area contributed by atoms with Crippen LogP contribution in [0.1, 0.15) is 42.0 Å². The SMILES string of the molecule is COC(=O)C1=C(C#N)NC(C)=C(C(=O)OC(C)COC(c2ccccc2)(c2ccccc2)c2ccccc2)C1c1cccc([N+](=O)[O-])c1. The van der Waals surface area contributed by atoms with Gasteiger partial charge in [-0.15, -0.1) is 0 Å². The van der Waals surface area contributed by atoms with Gasteiger partial charge in [0, 0.05) is 17.8 Å². The van der Waals surface area contributed by atoms with Crippen molar-refractivity contribution < 1.29 is 28.7 Å². The normalized spacial score (nSPS) is 15.2. The van der Waals surface area contributed by atoms with Gasteiger partial charge in [-0.1, -0.05) is 103 Å². The molecular formula is C38H33N3O7. The van der Waals surface area contributed by atoms with E-state index in [0.29, 0.717) is 0 Å². The van der Waals surface area contributed by atoms with Crippen molar-refractivity contribution in [2.75, 3.05) is 13.7 Å². The monoisotopic (exact) mass is 643 g/mol. The smallest absolute Gasteiger partial charge is 0.337 e. The summed E-state index contributed by atoms with van der Waals surface area (Å²) in [5, 5.41) is 24.3. The predicted octanol–water partition coefficient (Wildman–Crippen LogP) is 6.45. The number of rotatable bonds is 11. The number of nitriles is 1. The Balaban J connectivity index is 1.51. The van der Waals surface area contributed by atoms with Crippen LogP contribution in [0.2, 0.25) is 0 Å². The number of hydrogen-bond donors (Lipinski definition) is 1. The van der Waals surface area contributed by atoms with Gasteiger partial charge >= 0.3 is 11.9 Å². The Morgan fingerprint density at radius 3 is 1.90 bits per heavy atom. The molecule has 0 spiro atoms. The Hall–Kier alpha value is -6.05. The summed E-state index contributed by atoms with van der Waals surface area (Å²) < 4.78 is 17.8. The maximum Gasteiger partial charge on any atom is 0.337 e. The fraction of sp³-hybridized carbons (Fsp3) is 0.184. The lowest BCUT2D eigenvalue weighted by atomic mass is 9.80. The van der Waals surface area contributed by atoms with E-state index < -0.39 is 34.5 Å². The molecule has 1 N–H and O–H groups in total. The molecule has 0 bridgehead atoms. The summed E-state index contributed by atoms with van der Waals surface area (Å²) in [6.07, 6.45) is -0.804. The Kier molecular flexibility index (Phi) is 10.1. The summed E-state index contributed by atoms with van der Waals surface area (Å²) in [6, 6.07) is 36.8. The second-order valence-electron chi connectivity index (χ2n) is 11.1. The van der Waals surface area contributed by atoms with E-state index in [4.69, 9.17) is 14.2 Å². The van der Waals surface area contributed by atoms with Gasteiger partial charge in [-0.2, -0.15) is 5.26 Å². The lowest BCUT2D eigenvalue weighted by molar-refractivity contribution is -0.384. The van der Waals surface area contributed by atoms with Crippen LogP contribution in [0.3, 0.4) is 0 Å². The van der Waals surface area contributed by atoms with Crippen molar-refractivity contribution in [3.8, 4) is 6.07 Å². The minimum absolute atomic E-state index is 0.00203. The zero-order valence-corrected chi connectivity index (χ0v) is 26.6. The lowest BCUT2D eigenvalue weighted by Crippen LogP contribution is -2.37. The topological polar surface area (TPSA) is 141 Å². The predicted molar refractivity (Wildman–Crippen MR) is 177 cm³/mol. The summed E-state index contributed by atoms with van der Waals surface area (Å²) in [4.78, 5) is 38.1. The fourth-order valence-corrected chi connectivity index (χ4v) is 5.96. The number of carbonyl (C=O) groups excluding carboxylic acids is 2. The molecule has 1 aliphatic rings. The van der Waals surface area contributed by atoms with Gasteiger partial charge < -0.3 is 19.5 Å². The molecule has 1 heterocycles. The molecule has 2 unspecified atom stereocenters. The molecule has 0 saturated heterocycles. The highest BCUT2D eigenvalue weighted by Crippen LogP contribution is 2.42. The highest BCUT2D eigenvalue weighted by atomic mass is 16.6. The molecule has 5 rings (SSSR count). The van der Waals surface area contributed by atoms with Crippen LogP contribution in [0.5, 0.6) is 0 Å². The Bertz CT molecular complexity index is 1820. The molecule has 4 aromatic carbocycles. The first kappa shape index (κ1) is 33.3. The van der Waals surface area contributed by atoms with Crippen molar-refractivity contribution in [2.45, 2.75) is 31.5 Å². The third-order valence-electron chi connectivity index (χ3n) is 8.10. The van der Waals surface area contributed by atoms with Gasteiger partial charge in [-0.3, -0.25) is 10.1 Å². The number of methoxy groups -OCH3 is 1. The average molecular weight is 644 g/mol. The summed E-state index contributed by atoms with van der Waals surface area (Å²) in [7, 11) is 1.15. The Morgan fingerprint density at radius 1 is 0.875 bits per heavy atom. The third-order valence-corrected chi connectivity index (χ3v) is 8.10. The summed E-state index contributed by atoms with van der Waals surface area (Å²) >= 11 is 0. The number of dihydropyridines is 1. The molecule has 0 saturated carbocycles. The van der Waals surface area contributed by atoms with Crippen molar-refractivity contribution in [1.82, 2.24) is 5.32 Å².